The highest BCUT2D eigenvalue weighted by Crippen LogP contribution is 2.27. The minimum Gasteiger partial charge on any atom is -0.387 e. The normalized spacial score (nSPS) is 25.3. The SMILES string of the molecule is CCNC(=O)/C=C\C(=O)NC[C@H]1O[C@@H](n2ccc(=O)[nH]c2=O)[C@@H](O)[C@@H]1O. The van der Waals surface area contributed by atoms with Crippen LogP contribution in [0.2, 0.25) is 0 Å². The van der Waals surface area contributed by atoms with Gasteiger partial charge in [0.15, 0.2) is 6.23 Å². The Morgan fingerprint density at radius 1 is 1.23 bits per heavy atom. The molecule has 1 aliphatic heterocycles. The van der Waals surface area contributed by atoms with E-state index < -0.39 is 47.6 Å². The topological polar surface area (TPSA) is 163 Å². The Bertz CT molecular complexity index is 800. The summed E-state index contributed by atoms with van der Waals surface area (Å²) < 4.78 is 6.37. The van der Waals surface area contributed by atoms with E-state index in [1.54, 1.807) is 6.92 Å². The van der Waals surface area contributed by atoms with E-state index in [9.17, 15) is 29.4 Å². The number of carbonyl (C=O) groups is 2. The van der Waals surface area contributed by atoms with Crippen molar-refractivity contribution in [2.75, 3.05) is 13.1 Å². The lowest BCUT2D eigenvalue weighted by molar-refractivity contribution is -0.119. The Labute approximate surface area is 147 Å². The Morgan fingerprint density at radius 2 is 1.88 bits per heavy atom. The molecule has 0 unspecified atom stereocenters. The number of amides is 2. The maximum atomic E-state index is 11.8. The first kappa shape index (κ1) is 19.6. The van der Waals surface area contributed by atoms with Gasteiger partial charge in [0, 0.05) is 37.5 Å². The van der Waals surface area contributed by atoms with Gasteiger partial charge in [-0.2, -0.15) is 0 Å². The molecule has 1 aliphatic rings. The lowest BCUT2D eigenvalue weighted by Crippen LogP contribution is -2.40. The third-order valence-corrected chi connectivity index (χ3v) is 3.68. The standard InChI is InChI=1S/C15H20N4O7/c1-2-16-9(20)3-4-10(21)17-7-8-12(23)13(24)14(26-8)19-6-5-11(22)18-15(19)25/h3-6,8,12-14,23-24H,2,7H2,1H3,(H,16,20)(H,17,21)(H,18,22,25)/b4-3-/t8-,12-,13+,14-/m1/s1. The van der Waals surface area contributed by atoms with E-state index in [1.165, 1.54) is 0 Å². The molecule has 11 heteroatoms. The van der Waals surface area contributed by atoms with Crippen LogP contribution < -0.4 is 21.9 Å². The summed E-state index contributed by atoms with van der Waals surface area (Å²) in [5, 5.41) is 25.0. The van der Waals surface area contributed by atoms with E-state index in [0.29, 0.717) is 6.54 Å². The number of H-pyrrole nitrogens is 1. The lowest BCUT2D eigenvalue weighted by atomic mass is 10.1. The van der Waals surface area contributed by atoms with Crippen molar-refractivity contribution < 1.29 is 24.5 Å². The molecule has 1 aromatic rings. The number of nitrogens with zero attached hydrogens (tertiary/aromatic N) is 1. The fourth-order valence-corrected chi connectivity index (χ4v) is 2.40. The number of aromatic nitrogens is 2. The van der Waals surface area contributed by atoms with E-state index in [1.807, 2.05) is 4.98 Å². The number of ether oxygens (including phenoxy) is 1. The molecule has 2 heterocycles. The third-order valence-electron chi connectivity index (χ3n) is 3.68. The van der Waals surface area contributed by atoms with Crippen LogP contribution in [0.4, 0.5) is 0 Å². The number of hydrogen-bond donors (Lipinski definition) is 5. The molecule has 5 N–H and O–H groups in total. The molecule has 2 rings (SSSR count). The first-order valence-electron chi connectivity index (χ1n) is 7.90. The fraction of sp³-hybridized carbons (Fsp3) is 0.467. The Balaban J connectivity index is 1.97. The van der Waals surface area contributed by atoms with Gasteiger partial charge < -0.3 is 25.6 Å². The molecule has 4 atom stereocenters. The molecule has 1 saturated heterocycles. The van der Waals surface area contributed by atoms with Gasteiger partial charge in [0.2, 0.25) is 11.8 Å². The van der Waals surface area contributed by atoms with Gasteiger partial charge in [-0.3, -0.25) is 23.9 Å². The van der Waals surface area contributed by atoms with Crippen LogP contribution in [0.5, 0.6) is 0 Å². The monoisotopic (exact) mass is 368 g/mol. The van der Waals surface area contributed by atoms with Gasteiger partial charge in [0.05, 0.1) is 0 Å². The average Bonchev–Trinajstić information content (AvgIpc) is 2.87. The number of aliphatic hydroxyl groups excluding tert-OH is 2. The van der Waals surface area contributed by atoms with Crippen LogP contribution in [0.25, 0.3) is 0 Å². The maximum Gasteiger partial charge on any atom is 0.330 e. The van der Waals surface area contributed by atoms with Gasteiger partial charge in [-0.05, 0) is 6.92 Å². The smallest absolute Gasteiger partial charge is 0.330 e. The van der Waals surface area contributed by atoms with Crippen LogP contribution in [0.3, 0.4) is 0 Å². The molecule has 1 aromatic heterocycles. The van der Waals surface area contributed by atoms with Crippen LogP contribution in [0.1, 0.15) is 13.2 Å². The number of carbonyl (C=O) groups excluding carboxylic acids is 2. The minimum atomic E-state index is -1.44. The second-order valence-electron chi connectivity index (χ2n) is 5.54. The van der Waals surface area contributed by atoms with Gasteiger partial charge in [-0.1, -0.05) is 0 Å². The fourth-order valence-electron chi connectivity index (χ4n) is 2.40. The molecule has 26 heavy (non-hydrogen) atoms. The first-order chi connectivity index (χ1) is 12.3. The summed E-state index contributed by atoms with van der Waals surface area (Å²) in [5.41, 5.74) is -1.41. The summed E-state index contributed by atoms with van der Waals surface area (Å²) in [5.74, 6) is -1.01. The van der Waals surface area contributed by atoms with Gasteiger partial charge in [0.1, 0.15) is 18.3 Å². The van der Waals surface area contributed by atoms with Crippen molar-refractivity contribution in [1.29, 1.82) is 0 Å². The van der Waals surface area contributed by atoms with Crippen molar-refractivity contribution in [2.24, 2.45) is 0 Å². The number of hydrogen-bond acceptors (Lipinski definition) is 7. The molecule has 0 radical (unpaired) electrons. The quantitative estimate of drug-likeness (QED) is 0.333. The van der Waals surface area contributed by atoms with Crippen LogP contribution in [0.15, 0.2) is 34.0 Å². The summed E-state index contributed by atoms with van der Waals surface area (Å²) in [6.07, 6.45) is -1.80. The number of rotatable bonds is 6. The van der Waals surface area contributed by atoms with Crippen LogP contribution in [0, 0.1) is 0 Å². The summed E-state index contributed by atoms with van der Waals surface area (Å²) in [7, 11) is 0. The van der Waals surface area contributed by atoms with Crippen molar-refractivity contribution in [2.45, 2.75) is 31.5 Å². The molecular formula is C15H20N4O7. The number of nitrogens with one attached hydrogen (secondary N) is 3. The summed E-state index contributed by atoms with van der Waals surface area (Å²) >= 11 is 0. The molecule has 0 aromatic carbocycles. The van der Waals surface area contributed by atoms with Crippen molar-refractivity contribution in [1.82, 2.24) is 20.2 Å². The lowest BCUT2D eigenvalue weighted by Gasteiger charge is -2.16. The van der Waals surface area contributed by atoms with Crippen molar-refractivity contribution in [3.8, 4) is 0 Å². The molecular weight excluding hydrogens is 348 g/mol. The molecule has 2 amide bonds. The number of aliphatic hydroxyl groups is 2. The Morgan fingerprint density at radius 3 is 2.50 bits per heavy atom. The van der Waals surface area contributed by atoms with Crippen LogP contribution >= 0.6 is 0 Å². The van der Waals surface area contributed by atoms with E-state index in [2.05, 4.69) is 10.6 Å². The highest BCUT2D eigenvalue weighted by molar-refractivity contribution is 5.96. The maximum absolute atomic E-state index is 11.8. The molecule has 11 nitrogen and oxygen atoms in total. The van der Waals surface area contributed by atoms with Crippen molar-refractivity contribution >= 4 is 11.8 Å². The number of likely N-dealkylation sites (N-methyl/N-ethyl adjacent to an activating group) is 1. The molecule has 0 bridgehead atoms. The highest BCUT2D eigenvalue weighted by atomic mass is 16.6. The zero-order chi connectivity index (χ0) is 19.3. The molecule has 1 fully saturated rings. The zero-order valence-electron chi connectivity index (χ0n) is 13.9. The van der Waals surface area contributed by atoms with Gasteiger partial charge >= 0.3 is 5.69 Å². The average molecular weight is 368 g/mol. The summed E-state index contributed by atoms with van der Waals surface area (Å²) in [4.78, 5) is 47.8. The third kappa shape index (κ3) is 4.65. The van der Waals surface area contributed by atoms with Crippen LogP contribution in [-0.2, 0) is 14.3 Å². The second-order valence-corrected chi connectivity index (χ2v) is 5.54. The summed E-state index contributed by atoms with van der Waals surface area (Å²) in [6.45, 7) is 2.00. The van der Waals surface area contributed by atoms with Crippen molar-refractivity contribution in [3.05, 3.63) is 45.3 Å². The van der Waals surface area contributed by atoms with Gasteiger partial charge in [-0.15, -0.1) is 0 Å². The van der Waals surface area contributed by atoms with E-state index in [-0.39, 0.29) is 6.54 Å². The zero-order valence-corrected chi connectivity index (χ0v) is 13.9. The molecule has 0 aliphatic carbocycles. The van der Waals surface area contributed by atoms with Gasteiger partial charge in [-0.25, -0.2) is 4.79 Å². The largest absolute Gasteiger partial charge is 0.387 e. The predicted octanol–water partition coefficient (Wildman–Crippen LogP) is -3.04. The van der Waals surface area contributed by atoms with E-state index in [4.69, 9.17) is 4.74 Å². The molecule has 0 saturated carbocycles. The van der Waals surface area contributed by atoms with E-state index >= 15 is 0 Å². The first-order valence-corrected chi connectivity index (χ1v) is 7.90. The van der Waals surface area contributed by atoms with Gasteiger partial charge in [0.25, 0.3) is 5.56 Å². The molecule has 0 spiro atoms. The predicted molar refractivity (Wildman–Crippen MR) is 88.1 cm³/mol. The second kappa shape index (κ2) is 8.56. The number of aromatic amines is 1. The highest BCUT2D eigenvalue weighted by Gasteiger charge is 2.44. The minimum absolute atomic E-state index is 0.161. The van der Waals surface area contributed by atoms with Crippen LogP contribution in [-0.4, -0.2) is 63.0 Å². The Hall–Kier alpha value is -2.76. The summed E-state index contributed by atoms with van der Waals surface area (Å²) in [6, 6.07) is 1.07. The van der Waals surface area contributed by atoms with E-state index in [0.717, 1.165) is 29.0 Å². The Kier molecular flexibility index (Phi) is 6.44. The van der Waals surface area contributed by atoms with Crippen molar-refractivity contribution in [3.63, 3.8) is 0 Å². The molecule has 142 valence electrons.